The third kappa shape index (κ3) is 6.50. The Morgan fingerprint density at radius 2 is 1.69 bits per heavy atom. The van der Waals surface area contributed by atoms with Gasteiger partial charge in [0.05, 0.1) is 5.58 Å². The summed E-state index contributed by atoms with van der Waals surface area (Å²) in [5.74, 6) is 0.0695. The summed E-state index contributed by atoms with van der Waals surface area (Å²) in [4.78, 5) is 8.57. The van der Waals surface area contributed by atoms with Crippen LogP contribution >= 0.6 is 0 Å². The first-order valence-corrected chi connectivity index (χ1v) is 14.7. The molecule has 0 spiro atoms. The third-order valence-corrected chi connectivity index (χ3v) is 8.06. The number of rotatable bonds is 4. The molecule has 4 heteroatoms. The van der Waals surface area contributed by atoms with Crippen molar-refractivity contribution in [1.29, 1.82) is 0 Å². The summed E-state index contributed by atoms with van der Waals surface area (Å²) in [5, 5.41) is 4.33. The fraction of sp³-hybridized carbons (Fsp3) is 0.220. The van der Waals surface area contributed by atoms with Crippen LogP contribution in [0, 0.1) is 38.6 Å². The Balaban J connectivity index is 0.000000194. The molecule has 0 bridgehead atoms. The van der Waals surface area contributed by atoms with E-state index >= 15 is 0 Å². The van der Waals surface area contributed by atoms with E-state index < -0.39 is 26.9 Å². The Morgan fingerprint density at radius 1 is 0.822 bits per heavy atom. The van der Waals surface area contributed by atoms with Crippen LogP contribution in [0.15, 0.2) is 102 Å². The second-order valence-corrected chi connectivity index (χ2v) is 11.0. The molecule has 0 unspecified atom stereocenters. The monoisotopic (exact) mass is 776 g/mol. The zero-order chi connectivity index (χ0) is 39.3. The van der Waals surface area contributed by atoms with E-state index in [1.807, 2.05) is 36.4 Å². The quantitative estimate of drug-likeness (QED) is 0.167. The summed E-state index contributed by atoms with van der Waals surface area (Å²) < 4.78 is 90.9. The molecule has 1 fully saturated rings. The number of benzene rings is 4. The fourth-order valence-corrected chi connectivity index (χ4v) is 5.81. The molecule has 1 saturated carbocycles. The topological polar surface area (TPSA) is 38.9 Å². The predicted octanol–water partition coefficient (Wildman–Crippen LogP) is 10.8. The number of fused-ring (bicyclic) bond motifs is 5. The second kappa shape index (κ2) is 13.5. The minimum absolute atomic E-state index is 0. The zero-order valence-electron chi connectivity index (χ0n) is 35.3. The standard InChI is InChI=1S/C27H22NO.C14H14N.Ir/c1-2-7-18(6-1)16-19-14-15-28-25(17-19)24-11-5-10-22-23-13-12-20-8-3-4-9-21(20)26(23)29-27(22)24;1-10-4-6-13(7-5-10)14-8-11(2)12(3)9-15-14;/h3-5,8-10,12-15,17-18H,1-2,6-7,16H2;4-6,8-9H,1-3H3;/q2*-1;/i16D2;1D3,2D3,3D3;. The number of pyridine rings is 2. The van der Waals surface area contributed by atoms with Crippen LogP contribution < -0.4 is 0 Å². The van der Waals surface area contributed by atoms with Crippen LogP contribution in [-0.2, 0) is 26.5 Å². The van der Waals surface area contributed by atoms with E-state index in [4.69, 9.17) is 19.5 Å². The summed E-state index contributed by atoms with van der Waals surface area (Å²) in [5.41, 5.74) is 3.85. The minimum atomic E-state index is -2.61. The molecule has 7 aromatic rings. The number of furan rings is 1. The van der Waals surface area contributed by atoms with E-state index in [1.54, 1.807) is 6.20 Å². The van der Waals surface area contributed by atoms with Crippen LogP contribution in [0.5, 0.6) is 0 Å². The molecule has 0 atom stereocenters. The van der Waals surface area contributed by atoms with Crippen molar-refractivity contribution in [3.05, 3.63) is 132 Å². The number of aromatic nitrogens is 2. The molecule has 3 aromatic heterocycles. The average Bonchev–Trinajstić information content (AvgIpc) is 3.84. The maximum Gasteiger partial charge on any atom is 0.128 e. The molecule has 0 amide bonds. The summed E-state index contributed by atoms with van der Waals surface area (Å²) in [6.45, 7) is -7.47. The van der Waals surface area contributed by atoms with Gasteiger partial charge in [-0.25, -0.2) is 0 Å². The van der Waals surface area contributed by atoms with E-state index in [1.165, 1.54) is 24.3 Å². The van der Waals surface area contributed by atoms with Crippen molar-refractivity contribution in [2.45, 2.75) is 52.6 Å². The van der Waals surface area contributed by atoms with E-state index in [0.29, 0.717) is 16.8 Å². The molecule has 0 saturated heterocycles. The van der Waals surface area contributed by atoms with Gasteiger partial charge in [-0.15, -0.1) is 53.6 Å². The first-order chi connectivity index (χ1) is 25.9. The first-order valence-electron chi connectivity index (χ1n) is 20.2. The van der Waals surface area contributed by atoms with E-state index in [9.17, 15) is 0 Å². The fourth-order valence-electron chi connectivity index (χ4n) is 5.81. The summed E-state index contributed by atoms with van der Waals surface area (Å²) in [6, 6.07) is 31.5. The Bertz CT molecular complexity index is 2500. The molecule has 1 aliphatic carbocycles. The van der Waals surface area contributed by atoms with Crippen molar-refractivity contribution in [2.24, 2.45) is 5.92 Å². The Kier molecular flexibility index (Phi) is 6.02. The van der Waals surface area contributed by atoms with Gasteiger partial charge < -0.3 is 14.4 Å². The molecule has 227 valence electrons. The number of hydrogen-bond donors (Lipinski definition) is 0. The molecule has 8 rings (SSSR count). The Morgan fingerprint density at radius 3 is 2.51 bits per heavy atom. The summed E-state index contributed by atoms with van der Waals surface area (Å²) in [7, 11) is 0. The smallest absolute Gasteiger partial charge is 0.128 e. The van der Waals surface area contributed by atoms with Crippen molar-refractivity contribution in [1.82, 2.24) is 9.97 Å². The van der Waals surface area contributed by atoms with Gasteiger partial charge >= 0.3 is 0 Å². The molecule has 0 N–H and O–H groups in total. The molecular weight excluding hydrogens is 729 g/mol. The van der Waals surface area contributed by atoms with Crippen LogP contribution in [0.3, 0.4) is 0 Å². The predicted molar refractivity (Wildman–Crippen MR) is 182 cm³/mol. The SMILES string of the molecule is [2H]C([2H])([2H])c1c[c-]c(-c2cc(C([2H])([2H])[2H])c(C([2H])([2H])[2H])cn2)cc1.[2H]C([2H])(c1ccnc(-c2[c-]ccc3c2oc2c4ccccc4ccc32)c1)C1CCCC1.[Ir]. The average molecular weight is 776 g/mol. The van der Waals surface area contributed by atoms with Gasteiger partial charge in [-0.3, -0.25) is 0 Å². The van der Waals surface area contributed by atoms with Crippen molar-refractivity contribution in [2.75, 3.05) is 0 Å². The molecule has 1 aliphatic rings. The minimum Gasteiger partial charge on any atom is -0.500 e. The van der Waals surface area contributed by atoms with E-state index in [-0.39, 0.29) is 48.4 Å². The molecule has 0 aliphatic heterocycles. The van der Waals surface area contributed by atoms with E-state index in [0.717, 1.165) is 70.2 Å². The van der Waals surface area contributed by atoms with Crippen LogP contribution in [0.4, 0.5) is 0 Å². The van der Waals surface area contributed by atoms with Crippen molar-refractivity contribution >= 4 is 32.7 Å². The number of hydrogen-bond acceptors (Lipinski definition) is 3. The van der Waals surface area contributed by atoms with Crippen molar-refractivity contribution in [3.63, 3.8) is 0 Å². The molecular formula is C41H36IrN2O-2. The second-order valence-electron chi connectivity index (χ2n) is 11.0. The van der Waals surface area contributed by atoms with Gasteiger partial charge in [0.25, 0.3) is 0 Å². The van der Waals surface area contributed by atoms with Gasteiger partial charge in [0.1, 0.15) is 5.58 Å². The molecule has 45 heavy (non-hydrogen) atoms. The van der Waals surface area contributed by atoms with E-state index in [2.05, 4.69) is 46.4 Å². The third-order valence-electron chi connectivity index (χ3n) is 8.06. The summed E-state index contributed by atoms with van der Waals surface area (Å²) >= 11 is 0. The van der Waals surface area contributed by atoms with Gasteiger partial charge in [-0.2, -0.15) is 0 Å². The Labute approximate surface area is 294 Å². The van der Waals surface area contributed by atoms with Crippen LogP contribution in [-0.4, -0.2) is 9.97 Å². The molecule has 3 heterocycles. The maximum atomic E-state index is 8.77. The van der Waals surface area contributed by atoms with Crippen LogP contribution in [0.2, 0.25) is 0 Å². The Hall–Kier alpha value is -4.11. The van der Waals surface area contributed by atoms with Gasteiger partial charge in [0, 0.05) is 58.3 Å². The maximum absolute atomic E-state index is 8.77. The molecule has 4 aromatic carbocycles. The largest absolute Gasteiger partial charge is 0.500 e. The first kappa shape index (κ1) is 20.1. The summed E-state index contributed by atoms with van der Waals surface area (Å²) in [6.07, 6.45) is 5.50. The molecule has 1 radical (unpaired) electrons. The van der Waals surface area contributed by atoms with Crippen LogP contribution in [0.25, 0.3) is 55.2 Å². The van der Waals surface area contributed by atoms with Crippen molar-refractivity contribution < 1.29 is 39.6 Å². The van der Waals surface area contributed by atoms with Crippen LogP contribution in [0.1, 0.15) is 63.0 Å². The van der Waals surface area contributed by atoms with Gasteiger partial charge in [0.15, 0.2) is 0 Å². The van der Waals surface area contributed by atoms with Crippen molar-refractivity contribution in [3.8, 4) is 22.5 Å². The normalized spacial score (nSPS) is 17.9. The molecule has 3 nitrogen and oxygen atoms in total. The number of aryl methyl sites for hydroxylation is 3. The zero-order valence-corrected chi connectivity index (χ0v) is 26.7. The van der Waals surface area contributed by atoms with Gasteiger partial charge in [-0.05, 0) is 54.4 Å². The van der Waals surface area contributed by atoms with Gasteiger partial charge in [-0.1, -0.05) is 103 Å². The number of nitrogens with zero attached hydrogens (tertiary/aromatic N) is 2. The van der Waals surface area contributed by atoms with Gasteiger partial charge in [0.2, 0.25) is 0 Å².